The van der Waals surface area contributed by atoms with E-state index in [2.05, 4.69) is 10.4 Å². The molecule has 17 heavy (non-hydrogen) atoms. The third kappa shape index (κ3) is 2.35. The number of carbonyl (C=O) groups excluding carboxylic acids is 1. The summed E-state index contributed by atoms with van der Waals surface area (Å²) in [6, 6.07) is 5.39. The quantitative estimate of drug-likeness (QED) is 0.811. The SMILES string of the molecule is CNC(=O)CCCn1nc2ccccn2c1=O. The Bertz CT molecular complexity index is 584. The van der Waals surface area contributed by atoms with Gasteiger partial charge in [-0.2, -0.15) is 0 Å². The largest absolute Gasteiger partial charge is 0.359 e. The number of nitrogens with one attached hydrogen (secondary N) is 1. The minimum absolute atomic E-state index is 0.0261. The van der Waals surface area contributed by atoms with Crippen LogP contribution in [0, 0.1) is 0 Å². The van der Waals surface area contributed by atoms with Crippen LogP contribution >= 0.6 is 0 Å². The minimum atomic E-state index is -0.169. The highest BCUT2D eigenvalue weighted by Gasteiger charge is 2.06. The predicted molar refractivity (Wildman–Crippen MR) is 62.8 cm³/mol. The molecule has 1 N–H and O–H groups in total. The number of pyridine rings is 1. The monoisotopic (exact) mass is 234 g/mol. The third-order valence-electron chi connectivity index (χ3n) is 2.54. The summed E-state index contributed by atoms with van der Waals surface area (Å²) in [5, 5.41) is 6.71. The fourth-order valence-electron chi connectivity index (χ4n) is 1.63. The van der Waals surface area contributed by atoms with Gasteiger partial charge in [0, 0.05) is 26.2 Å². The molecule has 0 aliphatic rings. The number of amides is 1. The maximum atomic E-state index is 11.8. The number of nitrogens with zero attached hydrogens (tertiary/aromatic N) is 3. The average molecular weight is 234 g/mol. The van der Waals surface area contributed by atoms with E-state index in [1.165, 1.54) is 9.08 Å². The first-order valence-electron chi connectivity index (χ1n) is 5.47. The smallest absolute Gasteiger partial charge is 0.350 e. The molecule has 0 bridgehead atoms. The van der Waals surface area contributed by atoms with Crippen LogP contribution in [-0.2, 0) is 11.3 Å². The van der Waals surface area contributed by atoms with Crippen molar-refractivity contribution >= 4 is 11.6 Å². The molecule has 6 heteroatoms. The number of aryl methyl sites for hydroxylation is 1. The van der Waals surface area contributed by atoms with Gasteiger partial charge < -0.3 is 5.32 Å². The molecule has 2 heterocycles. The molecular weight excluding hydrogens is 220 g/mol. The van der Waals surface area contributed by atoms with Crippen LogP contribution in [-0.4, -0.2) is 27.1 Å². The van der Waals surface area contributed by atoms with Crippen molar-refractivity contribution in [1.82, 2.24) is 19.5 Å². The summed E-state index contributed by atoms with van der Waals surface area (Å²) in [7, 11) is 1.60. The first-order chi connectivity index (χ1) is 8.22. The number of fused-ring (bicyclic) bond motifs is 1. The summed E-state index contributed by atoms with van der Waals surface area (Å²) in [6.07, 6.45) is 2.68. The molecule has 0 aromatic carbocycles. The maximum absolute atomic E-state index is 11.8. The molecule has 2 aromatic rings. The highest BCUT2D eigenvalue weighted by atomic mass is 16.2. The Morgan fingerprint density at radius 2 is 2.29 bits per heavy atom. The van der Waals surface area contributed by atoms with Gasteiger partial charge in [0.1, 0.15) is 0 Å². The van der Waals surface area contributed by atoms with Gasteiger partial charge in [0.15, 0.2) is 5.65 Å². The Kier molecular flexibility index (Phi) is 3.22. The number of rotatable bonds is 4. The van der Waals surface area contributed by atoms with Gasteiger partial charge in [0.05, 0.1) is 0 Å². The average Bonchev–Trinajstić information content (AvgIpc) is 2.67. The molecular formula is C11H14N4O2. The molecule has 0 aliphatic heterocycles. The lowest BCUT2D eigenvalue weighted by Crippen LogP contribution is -2.23. The predicted octanol–water partition coefficient (Wildman–Crippen LogP) is 0.0222. The van der Waals surface area contributed by atoms with Crippen molar-refractivity contribution in [2.75, 3.05) is 7.05 Å². The van der Waals surface area contributed by atoms with Gasteiger partial charge in [-0.3, -0.25) is 9.20 Å². The zero-order valence-corrected chi connectivity index (χ0v) is 9.59. The second kappa shape index (κ2) is 4.82. The summed E-state index contributed by atoms with van der Waals surface area (Å²) in [6.45, 7) is 0.452. The van der Waals surface area contributed by atoms with E-state index in [0.717, 1.165) is 0 Å². The van der Waals surface area contributed by atoms with Crippen LogP contribution in [0.4, 0.5) is 0 Å². The summed E-state index contributed by atoms with van der Waals surface area (Å²) in [5.74, 6) is -0.0261. The fourth-order valence-corrected chi connectivity index (χ4v) is 1.63. The molecule has 0 unspecified atom stereocenters. The molecule has 0 spiro atoms. The lowest BCUT2D eigenvalue weighted by Gasteiger charge is -1.99. The number of hydrogen-bond acceptors (Lipinski definition) is 3. The van der Waals surface area contributed by atoms with Crippen molar-refractivity contribution in [2.24, 2.45) is 0 Å². The van der Waals surface area contributed by atoms with Crippen LogP contribution in [0.25, 0.3) is 5.65 Å². The first kappa shape index (κ1) is 11.4. The molecule has 0 saturated carbocycles. The van der Waals surface area contributed by atoms with E-state index >= 15 is 0 Å². The van der Waals surface area contributed by atoms with Gasteiger partial charge in [-0.25, -0.2) is 9.48 Å². The van der Waals surface area contributed by atoms with Crippen molar-refractivity contribution < 1.29 is 4.79 Å². The van der Waals surface area contributed by atoms with Crippen LogP contribution in [0.15, 0.2) is 29.2 Å². The van der Waals surface area contributed by atoms with E-state index in [0.29, 0.717) is 25.0 Å². The second-order valence-electron chi connectivity index (χ2n) is 3.71. The highest BCUT2D eigenvalue weighted by Crippen LogP contribution is 1.97. The molecule has 6 nitrogen and oxygen atoms in total. The highest BCUT2D eigenvalue weighted by molar-refractivity contribution is 5.75. The Hall–Kier alpha value is -2.11. The van der Waals surface area contributed by atoms with Gasteiger partial charge in [0.25, 0.3) is 0 Å². The Balaban J connectivity index is 2.11. The van der Waals surface area contributed by atoms with E-state index in [9.17, 15) is 9.59 Å². The first-order valence-corrected chi connectivity index (χ1v) is 5.47. The molecule has 90 valence electrons. The van der Waals surface area contributed by atoms with Gasteiger partial charge in [0.2, 0.25) is 5.91 Å². The number of carbonyl (C=O) groups is 1. The maximum Gasteiger partial charge on any atom is 0.350 e. The zero-order chi connectivity index (χ0) is 12.3. The van der Waals surface area contributed by atoms with Gasteiger partial charge >= 0.3 is 5.69 Å². The second-order valence-corrected chi connectivity index (χ2v) is 3.71. The Labute approximate surface area is 97.9 Å². The molecule has 2 rings (SSSR count). The molecule has 0 atom stereocenters. The van der Waals surface area contributed by atoms with E-state index in [-0.39, 0.29) is 11.6 Å². The van der Waals surface area contributed by atoms with Gasteiger partial charge in [-0.1, -0.05) is 6.07 Å². The standard InChI is InChI=1S/C11H14N4O2/c1-12-10(16)6-4-8-15-11(17)14-7-3-2-5-9(14)13-15/h2-3,5,7H,4,6,8H2,1H3,(H,12,16). The zero-order valence-electron chi connectivity index (χ0n) is 9.59. The van der Waals surface area contributed by atoms with Crippen molar-refractivity contribution in [3.05, 3.63) is 34.9 Å². The van der Waals surface area contributed by atoms with Crippen LogP contribution in [0.5, 0.6) is 0 Å². The van der Waals surface area contributed by atoms with Crippen molar-refractivity contribution in [3.8, 4) is 0 Å². The Morgan fingerprint density at radius 3 is 3.00 bits per heavy atom. The normalized spacial score (nSPS) is 10.6. The van der Waals surface area contributed by atoms with E-state index in [1.807, 2.05) is 6.07 Å². The molecule has 0 radical (unpaired) electrons. The molecule has 1 amide bonds. The summed E-state index contributed by atoms with van der Waals surface area (Å²) in [4.78, 5) is 22.9. The molecule has 2 aromatic heterocycles. The minimum Gasteiger partial charge on any atom is -0.359 e. The van der Waals surface area contributed by atoms with Crippen molar-refractivity contribution in [2.45, 2.75) is 19.4 Å². The van der Waals surface area contributed by atoms with E-state index in [1.54, 1.807) is 25.4 Å². The molecule has 0 fully saturated rings. The lowest BCUT2D eigenvalue weighted by atomic mass is 10.3. The van der Waals surface area contributed by atoms with Crippen molar-refractivity contribution in [3.63, 3.8) is 0 Å². The summed E-state index contributed by atoms with van der Waals surface area (Å²) < 4.78 is 2.87. The molecule has 0 saturated heterocycles. The topological polar surface area (TPSA) is 68.4 Å². The number of hydrogen-bond donors (Lipinski definition) is 1. The van der Waals surface area contributed by atoms with E-state index in [4.69, 9.17) is 0 Å². The van der Waals surface area contributed by atoms with Crippen LogP contribution in [0.3, 0.4) is 0 Å². The summed E-state index contributed by atoms with van der Waals surface area (Å²) >= 11 is 0. The summed E-state index contributed by atoms with van der Waals surface area (Å²) in [5.41, 5.74) is 0.454. The van der Waals surface area contributed by atoms with Crippen LogP contribution < -0.4 is 11.0 Å². The van der Waals surface area contributed by atoms with E-state index < -0.39 is 0 Å². The van der Waals surface area contributed by atoms with Crippen molar-refractivity contribution in [1.29, 1.82) is 0 Å². The Morgan fingerprint density at radius 1 is 1.47 bits per heavy atom. The van der Waals surface area contributed by atoms with Gasteiger partial charge in [-0.05, 0) is 18.6 Å². The third-order valence-corrected chi connectivity index (χ3v) is 2.54. The number of aromatic nitrogens is 3. The van der Waals surface area contributed by atoms with Gasteiger partial charge in [-0.15, -0.1) is 5.10 Å². The lowest BCUT2D eigenvalue weighted by molar-refractivity contribution is -0.120. The molecule has 0 aliphatic carbocycles. The van der Waals surface area contributed by atoms with Crippen LogP contribution in [0.2, 0.25) is 0 Å². The van der Waals surface area contributed by atoms with Crippen LogP contribution in [0.1, 0.15) is 12.8 Å². The fraction of sp³-hybridized carbons (Fsp3) is 0.364.